The first-order valence-corrected chi connectivity index (χ1v) is 12.8. The van der Waals surface area contributed by atoms with E-state index in [9.17, 15) is 27.9 Å². The van der Waals surface area contributed by atoms with Gasteiger partial charge in [-0.3, -0.25) is 0 Å². The van der Waals surface area contributed by atoms with E-state index in [0.29, 0.717) is 18.8 Å². The van der Waals surface area contributed by atoms with Gasteiger partial charge in [-0.15, -0.1) is 0 Å². The first kappa shape index (κ1) is 31.9. The summed E-state index contributed by atoms with van der Waals surface area (Å²) in [7, 11) is 0. The highest BCUT2D eigenvalue weighted by atomic mass is 19.4. The number of carboxylic acids is 1. The monoisotopic (exact) mass is 555 g/mol. The minimum absolute atomic E-state index is 0.0604. The van der Waals surface area contributed by atoms with Crippen molar-refractivity contribution in [2.45, 2.75) is 44.9 Å². The summed E-state index contributed by atoms with van der Waals surface area (Å²) >= 11 is 0. The van der Waals surface area contributed by atoms with Crippen LogP contribution in [0.5, 0.6) is 5.75 Å². The molecule has 0 radical (unpaired) electrons. The zero-order valence-electron chi connectivity index (χ0n) is 22.0. The van der Waals surface area contributed by atoms with Crippen molar-refractivity contribution in [2.24, 2.45) is 0 Å². The average molecular weight is 556 g/mol. The van der Waals surface area contributed by atoms with Crippen molar-refractivity contribution in [3.63, 3.8) is 0 Å². The van der Waals surface area contributed by atoms with Crippen LogP contribution in [0.25, 0.3) is 0 Å². The zero-order chi connectivity index (χ0) is 28.5. The third kappa shape index (κ3) is 13.9. The highest BCUT2D eigenvalue weighted by molar-refractivity contribution is 5.72. The Balaban J connectivity index is 1.84. The van der Waals surface area contributed by atoms with E-state index in [-0.39, 0.29) is 52.4 Å². The average Bonchev–Trinajstić information content (AvgIpc) is 2.90. The summed E-state index contributed by atoms with van der Waals surface area (Å²) in [6.07, 6.45) is -6.04. The number of benzene rings is 2. The lowest BCUT2D eigenvalue weighted by Gasteiger charge is -2.22. The van der Waals surface area contributed by atoms with Gasteiger partial charge >= 0.3 is 18.2 Å². The van der Waals surface area contributed by atoms with E-state index >= 15 is 0 Å². The minimum Gasteiger partial charge on any atom is -0.492 e. The molecule has 2 rings (SSSR count). The van der Waals surface area contributed by atoms with Gasteiger partial charge in [0.2, 0.25) is 0 Å². The van der Waals surface area contributed by atoms with Crippen molar-refractivity contribution in [2.75, 3.05) is 46.1 Å². The molecule has 216 valence electrons. The molecule has 0 aromatic heterocycles. The van der Waals surface area contributed by atoms with E-state index in [1.807, 2.05) is 30.3 Å². The first-order chi connectivity index (χ1) is 18.7. The number of carbonyl (C=O) groups is 2. The Morgan fingerprint density at radius 1 is 0.923 bits per heavy atom. The van der Waals surface area contributed by atoms with Crippen molar-refractivity contribution in [3.8, 4) is 5.75 Å². The Morgan fingerprint density at radius 3 is 2.26 bits per heavy atom. The second kappa shape index (κ2) is 17.3. The molecule has 0 saturated carbocycles. The largest absolute Gasteiger partial charge is 0.492 e. The second-order valence-electron chi connectivity index (χ2n) is 8.65. The maximum Gasteiger partial charge on any atom is 0.409 e. The Bertz CT molecular complexity index is 971. The smallest absolute Gasteiger partial charge is 0.409 e. The van der Waals surface area contributed by atoms with Crippen LogP contribution in [0.2, 0.25) is 0 Å². The molecule has 1 atom stereocenters. The molecule has 0 saturated heterocycles. The fourth-order valence-electron chi connectivity index (χ4n) is 3.57. The van der Waals surface area contributed by atoms with Crippen molar-refractivity contribution >= 4 is 12.1 Å². The van der Waals surface area contributed by atoms with Crippen molar-refractivity contribution in [1.82, 2.24) is 4.90 Å². The summed E-state index contributed by atoms with van der Waals surface area (Å²) in [5, 5.41) is 9.24. The van der Waals surface area contributed by atoms with Crippen LogP contribution in [0.15, 0.2) is 54.6 Å². The molecule has 0 spiro atoms. The third-order valence-corrected chi connectivity index (χ3v) is 5.59. The van der Waals surface area contributed by atoms with Gasteiger partial charge in [0, 0.05) is 39.0 Å². The number of alkyl halides is 3. The number of halogens is 3. The summed E-state index contributed by atoms with van der Waals surface area (Å²) in [6.45, 7) is 2.63. The summed E-state index contributed by atoms with van der Waals surface area (Å²) in [4.78, 5) is 25.3. The second-order valence-corrected chi connectivity index (χ2v) is 8.65. The number of rotatable bonds is 18. The highest BCUT2D eigenvalue weighted by Crippen LogP contribution is 2.21. The van der Waals surface area contributed by atoms with E-state index in [2.05, 4.69) is 0 Å². The molecule has 1 amide bonds. The fourth-order valence-corrected chi connectivity index (χ4v) is 3.57. The SMILES string of the molecule is CCOC(Cc1ccc(OCCN(CCOCCCC(F)(F)F)C(=O)OCCc2ccccc2)cc1)C(=O)O. The molecule has 0 fully saturated rings. The Labute approximate surface area is 226 Å². The van der Waals surface area contributed by atoms with Gasteiger partial charge in [-0.1, -0.05) is 42.5 Å². The van der Waals surface area contributed by atoms with Gasteiger partial charge in [0.15, 0.2) is 6.10 Å². The third-order valence-electron chi connectivity index (χ3n) is 5.59. The Morgan fingerprint density at radius 2 is 1.62 bits per heavy atom. The van der Waals surface area contributed by atoms with Crippen LogP contribution in [0.4, 0.5) is 18.0 Å². The van der Waals surface area contributed by atoms with Gasteiger partial charge in [0.25, 0.3) is 0 Å². The number of carbonyl (C=O) groups excluding carboxylic acids is 1. The Hall–Kier alpha value is -3.31. The van der Waals surface area contributed by atoms with Gasteiger partial charge in [0.05, 0.1) is 19.8 Å². The normalized spacial score (nSPS) is 12.1. The molecule has 0 bridgehead atoms. The van der Waals surface area contributed by atoms with Gasteiger partial charge in [-0.05, 0) is 36.6 Å². The summed E-state index contributed by atoms with van der Waals surface area (Å²) < 4.78 is 58.5. The summed E-state index contributed by atoms with van der Waals surface area (Å²) in [5.41, 5.74) is 1.79. The van der Waals surface area contributed by atoms with Crippen molar-refractivity contribution in [3.05, 3.63) is 65.7 Å². The number of ether oxygens (including phenoxy) is 4. The molecule has 2 aromatic rings. The minimum atomic E-state index is -4.23. The Kier molecular flexibility index (Phi) is 14.2. The molecule has 2 aromatic carbocycles. The van der Waals surface area contributed by atoms with Gasteiger partial charge in [0.1, 0.15) is 12.4 Å². The van der Waals surface area contributed by atoms with E-state index < -0.39 is 30.8 Å². The van der Waals surface area contributed by atoms with Gasteiger partial charge < -0.3 is 29.0 Å². The number of hydrogen-bond donors (Lipinski definition) is 1. The number of carboxylic acid groups (broad SMARTS) is 1. The van der Waals surface area contributed by atoms with Crippen LogP contribution in [-0.4, -0.2) is 80.5 Å². The highest BCUT2D eigenvalue weighted by Gasteiger charge is 2.26. The summed E-state index contributed by atoms with van der Waals surface area (Å²) in [5.74, 6) is -0.500. The topological polar surface area (TPSA) is 94.5 Å². The van der Waals surface area contributed by atoms with Crippen LogP contribution >= 0.6 is 0 Å². The van der Waals surface area contributed by atoms with Crippen molar-refractivity contribution in [1.29, 1.82) is 0 Å². The molecule has 11 heteroatoms. The van der Waals surface area contributed by atoms with E-state index in [4.69, 9.17) is 18.9 Å². The predicted octanol–water partition coefficient (Wildman–Crippen LogP) is 5.14. The van der Waals surface area contributed by atoms with Crippen LogP contribution in [0, 0.1) is 0 Å². The molecule has 1 unspecified atom stereocenters. The lowest BCUT2D eigenvalue weighted by molar-refractivity contribution is -0.150. The van der Waals surface area contributed by atoms with Crippen molar-refractivity contribution < 1.29 is 46.8 Å². The predicted molar refractivity (Wildman–Crippen MR) is 138 cm³/mol. The van der Waals surface area contributed by atoms with E-state index in [0.717, 1.165) is 11.1 Å². The van der Waals surface area contributed by atoms with Crippen LogP contribution in [0.3, 0.4) is 0 Å². The zero-order valence-corrected chi connectivity index (χ0v) is 22.0. The fraction of sp³-hybridized carbons (Fsp3) is 0.500. The quantitative estimate of drug-likeness (QED) is 0.255. The molecular weight excluding hydrogens is 519 g/mol. The molecule has 8 nitrogen and oxygen atoms in total. The van der Waals surface area contributed by atoms with Crippen LogP contribution < -0.4 is 4.74 Å². The lowest BCUT2D eigenvalue weighted by atomic mass is 10.1. The molecule has 0 aliphatic rings. The van der Waals surface area contributed by atoms with E-state index in [1.165, 1.54) is 4.90 Å². The molecule has 0 aliphatic heterocycles. The van der Waals surface area contributed by atoms with Gasteiger partial charge in [-0.2, -0.15) is 13.2 Å². The van der Waals surface area contributed by atoms with E-state index in [1.54, 1.807) is 31.2 Å². The maximum atomic E-state index is 12.7. The number of aliphatic carboxylic acids is 1. The van der Waals surface area contributed by atoms with Gasteiger partial charge in [-0.25, -0.2) is 9.59 Å². The number of hydrogen-bond acceptors (Lipinski definition) is 6. The van der Waals surface area contributed by atoms with Crippen LogP contribution in [0.1, 0.15) is 30.9 Å². The molecule has 39 heavy (non-hydrogen) atoms. The standard InChI is InChI=1S/C28H36F3NO7/c1-2-37-25(26(33)34)21-23-9-11-24(12-10-23)38-20-16-32(15-19-36-17-6-14-28(29,30)31)27(35)39-18-13-22-7-4-3-5-8-22/h3-5,7-12,25H,2,6,13-21H2,1H3,(H,33,34). The maximum absolute atomic E-state index is 12.7. The lowest BCUT2D eigenvalue weighted by Crippen LogP contribution is -2.38. The summed E-state index contributed by atoms with van der Waals surface area (Å²) in [6, 6.07) is 16.4. The molecule has 1 N–H and O–H groups in total. The first-order valence-electron chi connectivity index (χ1n) is 12.8. The number of nitrogens with zero attached hydrogens (tertiary/aromatic N) is 1. The van der Waals surface area contributed by atoms with Crippen LogP contribution in [-0.2, 0) is 31.8 Å². The molecular formula is C28H36F3NO7. The molecule has 0 aliphatic carbocycles. The number of amides is 1. The molecule has 0 heterocycles.